The van der Waals surface area contributed by atoms with Crippen molar-refractivity contribution in [1.82, 2.24) is 5.32 Å². The first-order chi connectivity index (χ1) is 9.99. The Morgan fingerprint density at radius 3 is 2.43 bits per heavy atom. The van der Waals surface area contributed by atoms with Crippen molar-refractivity contribution in [2.24, 2.45) is 0 Å². The number of hydrogen-bond donors (Lipinski definition) is 1. The van der Waals surface area contributed by atoms with Gasteiger partial charge in [-0.25, -0.2) is 0 Å². The van der Waals surface area contributed by atoms with Crippen molar-refractivity contribution in [3.8, 4) is 5.75 Å². The Bertz CT molecular complexity index is 535. The molecule has 3 nitrogen and oxygen atoms in total. The minimum Gasteiger partial charge on any atom is -0.467 e. The topological polar surface area (TPSA) is 34.4 Å². The maximum Gasteiger partial charge on any atom is 0.573 e. The molecule has 1 aromatic heterocycles. The van der Waals surface area contributed by atoms with Crippen molar-refractivity contribution in [2.45, 2.75) is 25.7 Å². The zero-order valence-electron chi connectivity index (χ0n) is 11.5. The van der Waals surface area contributed by atoms with E-state index in [0.29, 0.717) is 5.76 Å². The summed E-state index contributed by atoms with van der Waals surface area (Å²) < 4.78 is 45.7. The SMILES string of the molecule is CCCNC(c1ccc(OC(F)(F)F)cc1)c1ccco1. The average Bonchev–Trinajstić information content (AvgIpc) is 2.93. The molecule has 0 fully saturated rings. The summed E-state index contributed by atoms with van der Waals surface area (Å²) in [5.41, 5.74) is 0.813. The molecular formula is C15H16F3NO2. The Balaban J connectivity index is 2.17. The Labute approximate surface area is 120 Å². The molecule has 1 aromatic carbocycles. The molecule has 21 heavy (non-hydrogen) atoms. The van der Waals surface area contributed by atoms with Gasteiger partial charge in [-0.15, -0.1) is 13.2 Å². The number of alkyl halides is 3. The van der Waals surface area contributed by atoms with Crippen molar-refractivity contribution in [3.05, 3.63) is 54.0 Å². The van der Waals surface area contributed by atoms with Crippen molar-refractivity contribution in [3.63, 3.8) is 0 Å². The summed E-state index contributed by atoms with van der Waals surface area (Å²) in [5.74, 6) is 0.480. The minimum atomic E-state index is -4.68. The lowest BCUT2D eigenvalue weighted by atomic mass is 10.0. The Hall–Kier alpha value is -1.95. The highest BCUT2D eigenvalue weighted by Gasteiger charge is 2.31. The summed E-state index contributed by atoms with van der Waals surface area (Å²) in [4.78, 5) is 0. The second kappa shape index (κ2) is 6.67. The first-order valence-corrected chi connectivity index (χ1v) is 6.62. The number of ether oxygens (including phenoxy) is 1. The highest BCUT2D eigenvalue weighted by molar-refractivity contribution is 5.32. The minimum absolute atomic E-state index is 0.195. The van der Waals surface area contributed by atoms with E-state index in [0.717, 1.165) is 18.5 Å². The van der Waals surface area contributed by atoms with Gasteiger partial charge in [0.1, 0.15) is 11.5 Å². The molecule has 0 aliphatic heterocycles. The largest absolute Gasteiger partial charge is 0.573 e. The molecule has 114 valence electrons. The van der Waals surface area contributed by atoms with Gasteiger partial charge in [-0.1, -0.05) is 19.1 Å². The second-order valence-electron chi connectivity index (χ2n) is 4.52. The quantitative estimate of drug-likeness (QED) is 0.865. The monoisotopic (exact) mass is 299 g/mol. The van der Waals surface area contributed by atoms with E-state index in [4.69, 9.17) is 4.42 Å². The van der Waals surface area contributed by atoms with E-state index < -0.39 is 6.36 Å². The summed E-state index contributed by atoms with van der Waals surface area (Å²) in [7, 11) is 0. The summed E-state index contributed by atoms with van der Waals surface area (Å²) in [6, 6.07) is 9.19. The van der Waals surface area contributed by atoms with Crippen LogP contribution in [0.25, 0.3) is 0 Å². The van der Waals surface area contributed by atoms with Crippen LogP contribution in [0.15, 0.2) is 47.1 Å². The summed E-state index contributed by atoms with van der Waals surface area (Å²) >= 11 is 0. The van der Waals surface area contributed by atoms with E-state index in [1.807, 2.05) is 13.0 Å². The van der Waals surface area contributed by atoms with Crippen LogP contribution in [-0.4, -0.2) is 12.9 Å². The fourth-order valence-electron chi connectivity index (χ4n) is 1.99. The molecule has 6 heteroatoms. The predicted octanol–water partition coefficient (Wildman–Crippen LogP) is 4.27. The third-order valence-electron chi connectivity index (χ3n) is 2.87. The van der Waals surface area contributed by atoms with E-state index in [1.54, 1.807) is 24.5 Å². The van der Waals surface area contributed by atoms with E-state index in [1.165, 1.54) is 12.1 Å². The van der Waals surface area contributed by atoms with Crippen LogP contribution in [-0.2, 0) is 0 Å². The summed E-state index contributed by atoms with van der Waals surface area (Å²) in [6.07, 6.45) is -2.17. The molecule has 2 rings (SSSR count). The fraction of sp³-hybridized carbons (Fsp3) is 0.333. The molecule has 0 amide bonds. The molecule has 2 aromatic rings. The molecule has 0 saturated heterocycles. The van der Waals surface area contributed by atoms with Gasteiger partial charge in [-0.05, 0) is 42.8 Å². The lowest BCUT2D eigenvalue weighted by Crippen LogP contribution is -2.23. The average molecular weight is 299 g/mol. The van der Waals surface area contributed by atoms with Gasteiger partial charge in [-0.3, -0.25) is 0 Å². The first-order valence-electron chi connectivity index (χ1n) is 6.62. The van der Waals surface area contributed by atoms with Gasteiger partial charge in [0.2, 0.25) is 0 Å². The molecule has 1 N–H and O–H groups in total. The highest BCUT2D eigenvalue weighted by Crippen LogP contribution is 2.27. The molecular weight excluding hydrogens is 283 g/mol. The normalized spacial score (nSPS) is 13.1. The predicted molar refractivity (Wildman–Crippen MR) is 72.0 cm³/mol. The Morgan fingerprint density at radius 1 is 1.19 bits per heavy atom. The van der Waals surface area contributed by atoms with Gasteiger partial charge < -0.3 is 14.5 Å². The van der Waals surface area contributed by atoms with Gasteiger partial charge in [-0.2, -0.15) is 0 Å². The van der Waals surface area contributed by atoms with Gasteiger partial charge >= 0.3 is 6.36 Å². The van der Waals surface area contributed by atoms with Crippen LogP contribution in [0.1, 0.15) is 30.7 Å². The number of rotatable bonds is 6. The molecule has 1 heterocycles. The van der Waals surface area contributed by atoms with Crippen LogP contribution >= 0.6 is 0 Å². The third-order valence-corrected chi connectivity index (χ3v) is 2.87. The number of benzene rings is 1. The number of nitrogens with one attached hydrogen (secondary N) is 1. The molecule has 0 bridgehead atoms. The van der Waals surface area contributed by atoms with Gasteiger partial charge in [0.25, 0.3) is 0 Å². The number of hydrogen-bond acceptors (Lipinski definition) is 3. The lowest BCUT2D eigenvalue weighted by molar-refractivity contribution is -0.274. The third kappa shape index (κ3) is 4.53. The smallest absolute Gasteiger partial charge is 0.467 e. The van der Waals surface area contributed by atoms with Crippen molar-refractivity contribution in [2.75, 3.05) is 6.54 Å². The standard InChI is InChI=1S/C15H16F3NO2/c1-2-9-19-14(13-4-3-10-20-13)11-5-7-12(8-6-11)21-15(16,17)18/h3-8,10,14,19H,2,9H2,1H3. The van der Waals surface area contributed by atoms with Gasteiger partial charge in [0.05, 0.1) is 12.3 Å². The summed E-state index contributed by atoms with van der Waals surface area (Å²) in [5, 5.41) is 3.30. The maximum absolute atomic E-state index is 12.1. The van der Waals surface area contributed by atoms with E-state index in [9.17, 15) is 13.2 Å². The molecule has 1 atom stereocenters. The summed E-state index contributed by atoms with van der Waals surface area (Å²) in [6.45, 7) is 2.80. The maximum atomic E-state index is 12.1. The fourth-order valence-corrected chi connectivity index (χ4v) is 1.99. The van der Waals surface area contributed by atoms with E-state index in [2.05, 4.69) is 10.1 Å². The molecule has 0 spiro atoms. The van der Waals surface area contributed by atoms with Crippen molar-refractivity contribution >= 4 is 0 Å². The van der Waals surface area contributed by atoms with Crippen LogP contribution in [0, 0.1) is 0 Å². The Morgan fingerprint density at radius 2 is 1.90 bits per heavy atom. The van der Waals surface area contributed by atoms with Gasteiger partial charge in [0, 0.05) is 0 Å². The van der Waals surface area contributed by atoms with Crippen LogP contribution in [0.3, 0.4) is 0 Å². The molecule has 0 radical (unpaired) electrons. The zero-order chi connectivity index (χ0) is 15.3. The van der Waals surface area contributed by atoms with Crippen LogP contribution in [0.2, 0.25) is 0 Å². The van der Waals surface area contributed by atoms with E-state index >= 15 is 0 Å². The molecule has 0 aliphatic carbocycles. The second-order valence-corrected chi connectivity index (χ2v) is 4.52. The molecule has 0 saturated carbocycles. The lowest BCUT2D eigenvalue weighted by Gasteiger charge is -2.17. The van der Waals surface area contributed by atoms with Crippen LogP contribution in [0.4, 0.5) is 13.2 Å². The number of furan rings is 1. The Kier molecular flexibility index (Phi) is 4.90. The molecule has 1 unspecified atom stereocenters. The van der Waals surface area contributed by atoms with Crippen molar-refractivity contribution in [1.29, 1.82) is 0 Å². The van der Waals surface area contributed by atoms with Crippen molar-refractivity contribution < 1.29 is 22.3 Å². The van der Waals surface area contributed by atoms with Crippen LogP contribution < -0.4 is 10.1 Å². The highest BCUT2D eigenvalue weighted by atomic mass is 19.4. The first kappa shape index (κ1) is 15.4. The van der Waals surface area contributed by atoms with E-state index in [-0.39, 0.29) is 11.8 Å². The zero-order valence-corrected chi connectivity index (χ0v) is 11.5. The van der Waals surface area contributed by atoms with Gasteiger partial charge in [0.15, 0.2) is 0 Å². The van der Waals surface area contributed by atoms with Crippen LogP contribution in [0.5, 0.6) is 5.75 Å². The number of halogens is 3. The molecule has 0 aliphatic rings.